The standard InChI is InChI=1S/C36H45N5O7S.C34H41N5O7S.C32H39N5O6S/c1-21-18-40(19-22(2)48-21)35(44)34(43)37-36-17-29(36)28-16-25(47-5)12-14-26(28)32-31(23-9-7-6-8-10-23)27-13-11-24(15-30(27)41(32)20-36)33(42)38-49(45,46)39(3)4;1-37(2)47(43,44)36-31(40)21-10-12-25-28(14-21)39-19-34(35-32(41)33(42)38-17-23(18-38)46-4)16-27(34)26-15-22(45-3)11-13-24(26)30(39)29(25)20-8-6-5-7-9-20;1-35(2)31(40)30(39)33-32-17-25(32)24-16-21(43-5)12-14-22(24)28-27(19-9-7-6-8-10-19)23-13-11-20(15-26(23)37(28)18-32)29(38)34-44(41,42)36(3)4/h11-16,21-23,29H,6-10,17-20H2,1-5H3,(H,37,43)(H,38,42);10-15,20,23,27H,5-9,16-19H2,1-4H3,(H,35,41)(H,36,40);11-16,19,25H,6-10,17-18H2,1-5H3,(H,33,39)(H,34,38)/t21-,22+,29-,36-;;25-,32-/m0.1/s1. The molecule has 6 saturated carbocycles. The number of ether oxygens (including phenoxy) is 5. The number of benzene rings is 6. The van der Waals surface area contributed by atoms with Crippen LogP contribution in [0.5, 0.6) is 17.2 Å². The molecule has 5 aliphatic heterocycles. The van der Waals surface area contributed by atoms with Gasteiger partial charge in [-0.15, -0.1) is 0 Å². The van der Waals surface area contributed by atoms with Gasteiger partial charge >= 0.3 is 66.1 Å². The maximum atomic E-state index is 13.8. The van der Waals surface area contributed by atoms with Gasteiger partial charge in [0.2, 0.25) is 0 Å². The number of fused-ring (bicyclic) bond motifs is 21. The molecule has 6 aromatic carbocycles. The molecule has 38 heteroatoms. The van der Waals surface area contributed by atoms with Gasteiger partial charge < -0.3 is 68.0 Å². The molecular weight excluding hydrogens is 1850 g/mol. The molecule has 20 rings (SSSR count). The second kappa shape index (κ2) is 37.9. The number of rotatable bonds is 19. The number of aromatic nitrogens is 3. The highest BCUT2D eigenvalue weighted by Crippen LogP contribution is 2.64. The zero-order valence-electron chi connectivity index (χ0n) is 81.7. The lowest BCUT2D eigenvalue weighted by Gasteiger charge is -2.37. The van der Waals surface area contributed by atoms with Crippen molar-refractivity contribution in [2.24, 2.45) is 0 Å². The number of morpholine rings is 1. The number of hydrogen-bond donors (Lipinski definition) is 6. The highest BCUT2D eigenvalue weighted by molar-refractivity contribution is 7.88. The lowest BCUT2D eigenvalue weighted by Crippen LogP contribution is -2.59. The van der Waals surface area contributed by atoms with E-state index >= 15 is 0 Å². The fourth-order valence-corrected chi connectivity index (χ4v) is 24.7. The van der Waals surface area contributed by atoms with Crippen molar-refractivity contribution < 1.29 is 92.1 Å². The van der Waals surface area contributed by atoms with E-state index in [9.17, 15) is 68.4 Å². The zero-order chi connectivity index (χ0) is 99.6. The third-order valence-corrected chi connectivity index (χ3v) is 34.9. The molecule has 9 amide bonds. The monoisotopic (exact) mass is 1980 g/mol. The van der Waals surface area contributed by atoms with Gasteiger partial charge in [-0.25, -0.2) is 14.2 Å². The van der Waals surface area contributed by atoms with E-state index in [0.29, 0.717) is 100 Å². The topological polar surface area (TPSA) is 409 Å². The van der Waals surface area contributed by atoms with Gasteiger partial charge in [0.1, 0.15) is 17.2 Å². The van der Waals surface area contributed by atoms with E-state index < -0.39 is 100 Å². The molecule has 0 spiro atoms. The Balaban J connectivity index is 0.000000139. The Morgan fingerprint density at radius 1 is 0.379 bits per heavy atom. The molecule has 8 heterocycles. The van der Waals surface area contributed by atoms with E-state index in [0.717, 1.165) is 173 Å². The molecule has 11 aliphatic rings. The van der Waals surface area contributed by atoms with Crippen LogP contribution in [0, 0.1) is 0 Å². The number of amides is 9. The summed E-state index contributed by atoms with van der Waals surface area (Å²) in [6, 6.07) is 34.3. The van der Waals surface area contributed by atoms with Crippen molar-refractivity contribution >= 4 is 117 Å². The number of methoxy groups -OCH3 is 4. The average Bonchev–Trinajstić information content (AvgIpc) is 1.53. The molecular formula is C102H125N15O20S3. The van der Waals surface area contributed by atoms with E-state index in [-0.39, 0.29) is 52.8 Å². The lowest BCUT2D eigenvalue weighted by atomic mass is 9.81. The van der Waals surface area contributed by atoms with Crippen LogP contribution in [0.15, 0.2) is 109 Å². The Morgan fingerprint density at radius 2 is 0.671 bits per heavy atom. The van der Waals surface area contributed by atoms with Crippen molar-refractivity contribution in [3.63, 3.8) is 0 Å². The fourth-order valence-electron chi connectivity index (χ4n) is 23.1. The van der Waals surface area contributed by atoms with Crippen LogP contribution in [0.4, 0.5) is 0 Å². The van der Waals surface area contributed by atoms with Crippen LogP contribution in [-0.2, 0) is 88.5 Å². The van der Waals surface area contributed by atoms with Crippen LogP contribution < -0.4 is 44.3 Å². The summed E-state index contributed by atoms with van der Waals surface area (Å²) in [5.74, 6) is -3.03. The van der Waals surface area contributed by atoms with Crippen molar-refractivity contribution in [1.82, 2.24) is 71.4 Å². The number of nitrogens with one attached hydrogen (secondary N) is 6. The molecule has 6 N–H and O–H groups in total. The second-order valence-electron chi connectivity index (χ2n) is 40.6. The number of likely N-dealkylation sites (N-methyl/N-ethyl adjacent to an activating group) is 1. The third kappa shape index (κ3) is 18.4. The number of carbonyl (C=O) groups excluding carboxylic acids is 9. The maximum absolute atomic E-state index is 13.8. The number of nitrogens with zero attached hydrogens (tertiary/aromatic N) is 9. The summed E-state index contributed by atoms with van der Waals surface area (Å²) in [4.78, 5) is 124. The van der Waals surface area contributed by atoms with Crippen molar-refractivity contribution in [1.29, 1.82) is 0 Å². The minimum absolute atomic E-state index is 0.0441. The molecule has 3 aromatic heterocycles. The molecule has 746 valence electrons. The largest absolute Gasteiger partial charge is 0.497 e. The Kier molecular flexibility index (Phi) is 26.6. The Labute approximate surface area is 815 Å². The van der Waals surface area contributed by atoms with Crippen LogP contribution >= 0.6 is 0 Å². The van der Waals surface area contributed by atoms with Crippen molar-refractivity contribution in [2.75, 3.05) is 111 Å². The molecule has 2 saturated heterocycles. The molecule has 8 fully saturated rings. The first kappa shape index (κ1) is 98.4. The predicted octanol–water partition coefficient (Wildman–Crippen LogP) is 10.4. The highest BCUT2D eigenvalue weighted by Gasteiger charge is 2.63. The minimum atomic E-state index is -4.01. The van der Waals surface area contributed by atoms with E-state index in [1.165, 1.54) is 88.0 Å². The molecule has 8 atom stereocenters. The highest BCUT2D eigenvalue weighted by atomic mass is 32.2. The van der Waals surface area contributed by atoms with Crippen molar-refractivity contribution in [3.05, 3.63) is 159 Å². The normalized spacial score (nSPS) is 23.0. The summed E-state index contributed by atoms with van der Waals surface area (Å²) in [5, 5.41) is 12.4. The van der Waals surface area contributed by atoms with Crippen LogP contribution in [0.2, 0.25) is 0 Å². The Morgan fingerprint density at radius 3 is 0.950 bits per heavy atom. The summed E-state index contributed by atoms with van der Waals surface area (Å²) in [6.45, 7) is 6.39. The maximum Gasteiger partial charge on any atom is 0.312 e. The molecule has 35 nitrogen and oxygen atoms in total. The van der Waals surface area contributed by atoms with Crippen LogP contribution in [0.1, 0.15) is 229 Å². The summed E-state index contributed by atoms with van der Waals surface area (Å²) < 4.78 is 119. The predicted molar refractivity (Wildman–Crippen MR) is 527 cm³/mol. The molecule has 0 radical (unpaired) electrons. The summed E-state index contributed by atoms with van der Waals surface area (Å²) in [5.41, 5.74) is 13.8. The van der Waals surface area contributed by atoms with Crippen LogP contribution in [-0.4, -0.2) is 266 Å². The van der Waals surface area contributed by atoms with Crippen molar-refractivity contribution in [3.8, 4) is 51.0 Å². The molecule has 0 bridgehead atoms. The molecule has 9 aromatic rings. The van der Waals surface area contributed by atoms with E-state index in [2.05, 4.69) is 62.0 Å². The number of carbonyl (C=O) groups is 9. The Bertz CT molecular complexity index is 6910. The van der Waals surface area contributed by atoms with Gasteiger partial charge in [-0.3, -0.25) is 43.2 Å². The van der Waals surface area contributed by atoms with Gasteiger partial charge in [-0.05, 0) is 214 Å². The zero-order valence-corrected chi connectivity index (χ0v) is 84.1. The quantitative estimate of drug-likeness (QED) is 0.0410. The molecule has 140 heavy (non-hydrogen) atoms. The van der Waals surface area contributed by atoms with E-state index in [1.54, 1.807) is 83.8 Å². The SMILES string of the molecule is COc1ccc2c(c1)C1CC1(NC(=O)C(=O)N1CC(OC)C1)Cn1c-2c(C2CCCCC2)c2ccc(C(=O)NS(=O)(=O)N(C)C)cc21.COc1ccc2c(c1)[C@@H]1C[C@]1(NC(=O)C(=O)N1C[C@@H](C)O[C@@H](C)C1)Cn1c-2c(C2CCCCC2)c2ccc(C(=O)NS(=O)(=O)N(C)C)cc21.COc1ccc2c(c1)[C@H]1C[C@@]1(NC(=O)C(=O)N(C)C)Cn1c-2c(C2CCCCC2)c2ccc(C(=O)NS(=O)(=O)N(C)C)cc21. The van der Waals surface area contributed by atoms with Crippen molar-refractivity contribution in [2.45, 2.75) is 219 Å². The van der Waals surface area contributed by atoms with Gasteiger partial charge in [0.05, 0.1) is 73.3 Å². The average molecular weight is 1980 g/mol. The minimum Gasteiger partial charge on any atom is -0.497 e. The molecule has 2 unspecified atom stereocenters. The van der Waals surface area contributed by atoms with Crippen LogP contribution in [0.25, 0.3) is 66.5 Å². The third-order valence-electron chi connectivity index (χ3n) is 30.7. The number of likely N-dealkylation sites (tertiary alicyclic amines) is 1. The first-order valence-electron chi connectivity index (χ1n) is 48.4. The summed E-state index contributed by atoms with van der Waals surface area (Å²) in [7, 11) is 5.74. The number of hydrogen-bond acceptors (Lipinski definition) is 20. The summed E-state index contributed by atoms with van der Waals surface area (Å²) in [6.07, 6.45) is 18.1. The first-order valence-corrected chi connectivity index (χ1v) is 52.7. The van der Waals surface area contributed by atoms with Gasteiger partial charge in [-0.2, -0.15) is 38.2 Å². The smallest absolute Gasteiger partial charge is 0.312 e. The summed E-state index contributed by atoms with van der Waals surface area (Å²) >= 11 is 0. The van der Waals surface area contributed by atoms with Gasteiger partial charge in [-0.1, -0.05) is 76.0 Å². The van der Waals surface area contributed by atoms with Gasteiger partial charge in [0, 0.05) is 193 Å². The Hall–Kier alpha value is -11.8. The molecule has 6 aliphatic carbocycles. The second-order valence-corrected chi connectivity index (χ2v) is 46.3. The van der Waals surface area contributed by atoms with E-state index in [1.807, 2.05) is 68.4 Å². The first-order chi connectivity index (χ1) is 66.6. The van der Waals surface area contributed by atoms with E-state index in [4.69, 9.17) is 23.7 Å². The van der Waals surface area contributed by atoms with Gasteiger partial charge in [0.25, 0.3) is 17.7 Å². The fraction of sp³-hybridized carbons (Fsp3) is 0.500. The lowest BCUT2D eigenvalue weighted by molar-refractivity contribution is -0.154. The van der Waals surface area contributed by atoms with Gasteiger partial charge in [0.15, 0.2) is 0 Å². The van der Waals surface area contributed by atoms with Crippen LogP contribution in [0.3, 0.4) is 0 Å².